The molecular formula is C19H30Cl2N2O3. The van der Waals surface area contributed by atoms with Gasteiger partial charge in [-0.15, -0.1) is 12.4 Å². The van der Waals surface area contributed by atoms with Gasteiger partial charge in [-0.25, -0.2) is 0 Å². The van der Waals surface area contributed by atoms with Crippen LogP contribution in [-0.2, 0) is 0 Å². The predicted molar refractivity (Wildman–Crippen MR) is 108 cm³/mol. The van der Waals surface area contributed by atoms with E-state index in [1.54, 1.807) is 19.2 Å². The molecule has 1 N–H and O–H groups in total. The van der Waals surface area contributed by atoms with Gasteiger partial charge in [0, 0.05) is 24.7 Å². The Balaban J connectivity index is 0.00000338. The summed E-state index contributed by atoms with van der Waals surface area (Å²) in [5.41, 5.74) is 0.541. The van der Waals surface area contributed by atoms with Gasteiger partial charge in [0.05, 0.1) is 18.7 Å². The fourth-order valence-electron chi connectivity index (χ4n) is 3.00. The van der Waals surface area contributed by atoms with Gasteiger partial charge < -0.3 is 19.7 Å². The predicted octanol–water partition coefficient (Wildman–Crippen LogP) is 4.02. The van der Waals surface area contributed by atoms with E-state index in [-0.39, 0.29) is 24.4 Å². The minimum absolute atomic E-state index is 0. The van der Waals surface area contributed by atoms with E-state index >= 15 is 0 Å². The molecule has 1 atom stereocenters. The lowest BCUT2D eigenvalue weighted by molar-refractivity contribution is 0.0692. The molecule has 0 saturated carbocycles. The number of hydrogen-bond acceptors (Lipinski definition) is 4. The lowest BCUT2D eigenvalue weighted by Gasteiger charge is -2.28. The molecule has 0 spiro atoms. The summed E-state index contributed by atoms with van der Waals surface area (Å²) in [4.78, 5) is 15.0. The number of hydrogen-bond donors (Lipinski definition) is 1. The third-order valence-corrected chi connectivity index (χ3v) is 4.52. The number of nitrogens with zero attached hydrogens (tertiary/aromatic N) is 1. The van der Waals surface area contributed by atoms with Crippen LogP contribution in [0.4, 0.5) is 0 Å². The van der Waals surface area contributed by atoms with Crippen molar-refractivity contribution in [1.29, 1.82) is 0 Å². The first-order chi connectivity index (χ1) is 12.0. The molecule has 0 aromatic heterocycles. The summed E-state index contributed by atoms with van der Waals surface area (Å²) in [6, 6.07) is 3.65. The molecule has 1 aromatic rings. The van der Waals surface area contributed by atoms with Gasteiger partial charge >= 0.3 is 0 Å². The Labute approximate surface area is 167 Å². The largest absolute Gasteiger partial charge is 0.493 e. The number of carbonyl (C=O) groups is 1. The van der Waals surface area contributed by atoms with E-state index in [2.05, 4.69) is 26.1 Å². The Bertz CT molecular complexity index is 590. The highest BCUT2D eigenvalue weighted by molar-refractivity contribution is 6.32. The molecule has 1 amide bonds. The monoisotopic (exact) mass is 404 g/mol. The van der Waals surface area contributed by atoms with E-state index < -0.39 is 0 Å². The number of halogens is 2. The second kappa shape index (κ2) is 10.9. The minimum Gasteiger partial charge on any atom is -0.493 e. The van der Waals surface area contributed by atoms with Gasteiger partial charge in [-0.1, -0.05) is 32.4 Å². The van der Waals surface area contributed by atoms with Crippen LogP contribution in [0.2, 0.25) is 5.02 Å². The van der Waals surface area contributed by atoms with E-state index in [0.29, 0.717) is 34.6 Å². The zero-order chi connectivity index (χ0) is 18.4. The molecule has 0 aliphatic carbocycles. The Kier molecular flexibility index (Phi) is 9.55. The van der Waals surface area contributed by atoms with Crippen molar-refractivity contribution in [3.05, 3.63) is 22.7 Å². The van der Waals surface area contributed by atoms with Crippen LogP contribution in [0.1, 0.15) is 44.0 Å². The van der Waals surface area contributed by atoms with Crippen LogP contribution in [0.5, 0.6) is 11.5 Å². The second-order valence-corrected chi connectivity index (χ2v) is 7.25. The zero-order valence-electron chi connectivity index (χ0n) is 16.0. The molecule has 5 nitrogen and oxygen atoms in total. The molecule has 1 heterocycles. The van der Waals surface area contributed by atoms with Crippen molar-refractivity contribution < 1.29 is 14.3 Å². The highest BCUT2D eigenvalue weighted by Gasteiger charge is 2.28. The molecule has 148 valence electrons. The van der Waals surface area contributed by atoms with Crippen molar-refractivity contribution in [1.82, 2.24) is 10.2 Å². The number of methoxy groups -OCH3 is 1. The lowest BCUT2D eigenvalue weighted by Crippen LogP contribution is -2.42. The number of rotatable bonds is 8. The number of benzene rings is 1. The smallest absolute Gasteiger partial charge is 0.254 e. The van der Waals surface area contributed by atoms with Gasteiger partial charge in [0.2, 0.25) is 0 Å². The summed E-state index contributed by atoms with van der Waals surface area (Å²) in [7, 11) is 1.56. The average Bonchev–Trinajstić information content (AvgIpc) is 3.11. The minimum atomic E-state index is -0.00819. The van der Waals surface area contributed by atoms with Crippen LogP contribution in [0.25, 0.3) is 0 Å². The Hall–Kier alpha value is -1.17. The standard InChI is InChI=1S/C19H29ClN2O3.ClH/c1-5-8-22(15-6-7-21-11-15)19(23)14-9-16(20)18(17(10-14)24-4)25-12-13(2)3;/h9-10,13,15,21H,5-8,11-12H2,1-4H3;1H. The van der Waals surface area contributed by atoms with Crippen LogP contribution >= 0.6 is 24.0 Å². The van der Waals surface area contributed by atoms with Gasteiger partial charge in [0.15, 0.2) is 11.5 Å². The molecule has 1 saturated heterocycles. The van der Waals surface area contributed by atoms with E-state index in [4.69, 9.17) is 21.1 Å². The average molecular weight is 405 g/mol. The second-order valence-electron chi connectivity index (χ2n) is 6.84. The van der Waals surface area contributed by atoms with Crippen molar-refractivity contribution in [2.45, 2.75) is 39.7 Å². The summed E-state index contributed by atoms with van der Waals surface area (Å²) in [6.45, 7) is 9.28. The van der Waals surface area contributed by atoms with E-state index in [0.717, 1.165) is 32.5 Å². The molecule has 0 bridgehead atoms. The molecule has 1 aliphatic rings. The molecule has 1 unspecified atom stereocenters. The summed E-state index contributed by atoms with van der Waals surface area (Å²) in [5, 5.41) is 3.73. The van der Waals surface area contributed by atoms with E-state index in [1.807, 2.05) is 4.90 Å². The fraction of sp³-hybridized carbons (Fsp3) is 0.632. The first-order valence-corrected chi connectivity index (χ1v) is 9.37. The molecule has 0 radical (unpaired) electrons. The third kappa shape index (κ3) is 5.66. The number of nitrogens with one attached hydrogen (secondary N) is 1. The van der Waals surface area contributed by atoms with E-state index in [1.165, 1.54) is 0 Å². The quantitative estimate of drug-likeness (QED) is 0.710. The SMILES string of the molecule is CCCN(C(=O)c1cc(Cl)c(OCC(C)C)c(OC)c1)C1CCNC1.Cl. The number of ether oxygens (including phenoxy) is 2. The van der Waals surface area contributed by atoms with Crippen LogP contribution in [0, 0.1) is 5.92 Å². The zero-order valence-corrected chi connectivity index (χ0v) is 17.6. The summed E-state index contributed by atoms with van der Waals surface area (Å²) >= 11 is 6.39. The summed E-state index contributed by atoms with van der Waals surface area (Å²) in [6.07, 6.45) is 1.90. The van der Waals surface area contributed by atoms with Crippen molar-refractivity contribution in [3.63, 3.8) is 0 Å². The topological polar surface area (TPSA) is 50.8 Å². The van der Waals surface area contributed by atoms with Crippen molar-refractivity contribution in [3.8, 4) is 11.5 Å². The van der Waals surface area contributed by atoms with Crippen LogP contribution < -0.4 is 14.8 Å². The summed E-state index contributed by atoms with van der Waals surface area (Å²) in [5.74, 6) is 1.36. The highest BCUT2D eigenvalue weighted by Crippen LogP contribution is 2.37. The van der Waals surface area contributed by atoms with E-state index in [9.17, 15) is 4.79 Å². The first kappa shape index (κ1) is 22.9. The summed E-state index contributed by atoms with van der Waals surface area (Å²) < 4.78 is 11.2. The van der Waals surface area contributed by atoms with Gasteiger partial charge in [0.25, 0.3) is 5.91 Å². The van der Waals surface area contributed by atoms with Gasteiger partial charge in [0.1, 0.15) is 0 Å². The maximum absolute atomic E-state index is 13.1. The molecule has 1 aliphatic heterocycles. The molecule has 7 heteroatoms. The van der Waals surface area contributed by atoms with Crippen LogP contribution in [0.15, 0.2) is 12.1 Å². The molecule has 26 heavy (non-hydrogen) atoms. The van der Waals surface area contributed by atoms with Crippen molar-refractivity contribution in [2.75, 3.05) is 33.4 Å². The Morgan fingerprint density at radius 3 is 2.69 bits per heavy atom. The highest BCUT2D eigenvalue weighted by atomic mass is 35.5. The lowest BCUT2D eigenvalue weighted by atomic mass is 10.1. The van der Waals surface area contributed by atoms with Crippen LogP contribution in [0.3, 0.4) is 0 Å². The van der Waals surface area contributed by atoms with Gasteiger partial charge in [-0.3, -0.25) is 4.79 Å². The van der Waals surface area contributed by atoms with Crippen molar-refractivity contribution >= 4 is 29.9 Å². The van der Waals surface area contributed by atoms with Crippen molar-refractivity contribution in [2.24, 2.45) is 5.92 Å². The number of amides is 1. The Morgan fingerprint density at radius 2 is 2.15 bits per heavy atom. The first-order valence-electron chi connectivity index (χ1n) is 8.99. The molecule has 1 fully saturated rings. The van der Waals surface area contributed by atoms with Crippen LogP contribution in [-0.4, -0.2) is 50.2 Å². The molecule has 2 rings (SSSR count). The molecule has 1 aromatic carbocycles. The fourth-order valence-corrected chi connectivity index (χ4v) is 3.26. The maximum atomic E-state index is 13.1. The molecular weight excluding hydrogens is 375 g/mol. The normalized spacial score (nSPS) is 16.3. The number of carbonyl (C=O) groups excluding carboxylic acids is 1. The van der Waals surface area contributed by atoms with Gasteiger partial charge in [-0.05, 0) is 37.4 Å². The Morgan fingerprint density at radius 1 is 1.42 bits per heavy atom. The third-order valence-electron chi connectivity index (χ3n) is 4.24. The van der Waals surface area contributed by atoms with Gasteiger partial charge in [-0.2, -0.15) is 0 Å². The maximum Gasteiger partial charge on any atom is 0.254 e.